The summed E-state index contributed by atoms with van der Waals surface area (Å²) in [5, 5.41) is 12.2. The molecule has 1 spiro atoms. The van der Waals surface area contributed by atoms with Crippen LogP contribution in [0.3, 0.4) is 0 Å². The Labute approximate surface area is 194 Å². The summed E-state index contributed by atoms with van der Waals surface area (Å²) in [6.07, 6.45) is 6.22. The molecule has 2 saturated heterocycles. The standard InChI is InChI=1S/C23H26BrFN6O/c24-20-19(5-4-18-21(20)28-29-31(18)10-15-2-3-15)32-22-16(8-17(25)9-27-22)11-30-13-23(14-30)6-1-7-26-12-23/h4-5,8-9,15,26H,1-3,6-7,10-14H2. The van der Waals surface area contributed by atoms with Gasteiger partial charge in [0, 0.05) is 43.7 Å². The minimum atomic E-state index is -0.348. The van der Waals surface area contributed by atoms with Crippen LogP contribution in [0.25, 0.3) is 11.0 Å². The number of nitrogens with zero attached hydrogens (tertiary/aromatic N) is 5. The van der Waals surface area contributed by atoms with Gasteiger partial charge in [-0.3, -0.25) is 4.90 Å². The highest BCUT2D eigenvalue weighted by molar-refractivity contribution is 9.10. The summed E-state index contributed by atoms with van der Waals surface area (Å²) in [6.45, 7) is 5.76. The minimum Gasteiger partial charge on any atom is -0.437 e. The number of hydrogen-bond donors (Lipinski definition) is 1. The maximum Gasteiger partial charge on any atom is 0.223 e. The first-order valence-electron chi connectivity index (χ1n) is 11.4. The molecule has 2 aromatic heterocycles. The van der Waals surface area contributed by atoms with Crippen LogP contribution < -0.4 is 10.1 Å². The summed E-state index contributed by atoms with van der Waals surface area (Å²) in [7, 11) is 0. The van der Waals surface area contributed by atoms with Crippen molar-refractivity contribution in [3.8, 4) is 11.6 Å². The third-order valence-electron chi connectivity index (χ3n) is 6.89. The number of aromatic nitrogens is 4. The molecule has 0 atom stereocenters. The molecule has 3 aromatic rings. The fourth-order valence-corrected chi connectivity index (χ4v) is 5.57. The second-order valence-corrected chi connectivity index (χ2v) is 10.4. The topological polar surface area (TPSA) is 68.1 Å². The molecule has 1 aromatic carbocycles. The van der Waals surface area contributed by atoms with Crippen LogP contribution in [0, 0.1) is 17.2 Å². The number of piperidine rings is 1. The van der Waals surface area contributed by atoms with Gasteiger partial charge in [0.2, 0.25) is 5.88 Å². The van der Waals surface area contributed by atoms with Gasteiger partial charge in [0.25, 0.3) is 0 Å². The van der Waals surface area contributed by atoms with E-state index in [1.165, 1.54) is 37.9 Å². The Bertz CT molecular complexity index is 1150. The zero-order valence-electron chi connectivity index (χ0n) is 17.9. The van der Waals surface area contributed by atoms with Crippen LogP contribution in [-0.4, -0.2) is 51.1 Å². The van der Waals surface area contributed by atoms with Gasteiger partial charge in [-0.15, -0.1) is 5.10 Å². The highest BCUT2D eigenvalue weighted by atomic mass is 79.9. The number of benzene rings is 1. The number of fused-ring (bicyclic) bond motifs is 1. The molecule has 168 valence electrons. The second-order valence-electron chi connectivity index (χ2n) is 9.61. The van der Waals surface area contributed by atoms with Crippen molar-refractivity contribution >= 4 is 27.0 Å². The third-order valence-corrected chi connectivity index (χ3v) is 7.66. The number of halogens is 2. The lowest BCUT2D eigenvalue weighted by Gasteiger charge is -2.52. The second kappa shape index (κ2) is 8.04. The van der Waals surface area contributed by atoms with E-state index in [0.717, 1.165) is 53.8 Å². The van der Waals surface area contributed by atoms with Gasteiger partial charge in [-0.2, -0.15) is 0 Å². The third kappa shape index (κ3) is 3.91. The predicted octanol–water partition coefficient (Wildman–Crippen LogP) is 4.12. The van der Waals surface area contributed by atoms with Crippen molar-refractivity contribution in [3.05, 3.63) is 40.2 Å². The lowest BCUT2D eigenvalue weighted by molar-refractivity contribution is -0.0233. The Morgan fingerprint density at radius 3 is 2.94 bits per heavy atom. The molecule has 1 saturated carbocycles. The summed E-state index contributed by atoms with van der Waals surface area (Å²) in [6, 6.07) is 5.42. The molecule has 0 unspecified atom stereocenters. The van der Waals surface area contributed by atoms with E-state index in [1.807, 2.05) is 16.8 Å². The van der Waals surface area contributed by atoms with Crippen LogP contribution in [0.2, 0.25) is 0 Å². The van der Waals surface area contributed by atoms with Gasteiger partial charge in [-0.1, -0.05) is 5.21 Å². The van der Waals surface area contributed by atoms with E-state index >= 15 is 0 Å². The summed E-state index contributed by atoms with van der Waals surface area (Å²) >= 11 is 3.64. The number of pyridine rings is 1. The molecule has 6 rings (SSSR count). The van der Waals surface area contributed by atoms with Gasteiger partial charge in [0.05, 0.1) is 16.2 Å². The molecule has 7 nitrogen and oxygen atoms in total. The quantitative estimate of drug-likeness (QED) is 0.549. The van der Waals surface area contributed by atoms with E-state index < -0.39 is 0 Å². The number of nitrogens with one attached hydrogen (secondary N) is 1. The molecule has 3 fully saturated rings. The van der Waals surface area contributed by atoms with Crippen molar-refractivity contribution in [2.45, 2.75) is 38.8 Å². The monoisotopic (exact) mass is 500 g/mol. The van der Waals surface area contributed by atoms with Gasteiger partial charge in [0.15, 0.2) is 0 Å². The Kier molecular flexibility index (Phi) is 5.15. The summed E-state index contributed by atoms with van der Waals surface area (Å²) < 4.78 is 22.9. The van der Waals surface area contributed by atoms with Crippen molar-refractivity contribution in [2.24, 2.45) is 11.3 Å². The highest BCUT2D eigenvalue weighted by Crippen LogP contribution is 2.40. The van der Waals surface area contributed by atoms with Crippen LogP contribution >= 0.6 is 15.9 Å². The molecule has 4 heterocycles. The van der Waals surface area contributed by atoms with Crippen molar-refractivity contribution < 1.29 is 9.13 Å². The molecule has 2 aliphatic heterocycles. The van der Waals surface area contributed by atoms with Crippen molar-refractivity contribution in [1.82, 2.24) is 30.2 Å². The fourth-order valence-electron chi connectivity index (χ4n) is 5.08. The molecular weight excluding hydrogens is 475 g/mol. The maximum absolute atomic E-state index is 14.0. The molecule has 1 N–H and O–H groups in total. The van der Waals surface area contributed by atoms with E-state index in [4.69, 9.17) is 4.74 Å². The van der Waals surface area contributed by atoms with Crippen LogP contribution in [-0.2, 0) is 13.1 Å². The SMILES string of the molecule is Fc1cnc(Oc2ccc3c(nnn3CC3CC3)c2Br)c(CN2CC3(CCCNC3)C2)c1. The summed E-state index contributed by atoms with van der Waals surface area (Å²) in [5.74, 6) is 1.40. The van der Waals surface area contributed by atoms with E-state index in [0.29, 0.717) is 29.5 Å². The largest absolute Gasteiger partial charge is 0.437 e. The zero-order chi connectivity index (χ0) is 21.7. The summed E-state index contributed by atoms with van der Waals surface area (Å²) in [4.78, 5) is 6.61. The van der Waals surface area contributed by atoms with Gasteiger partial charge >= 0.3 is 0 Å². The first-order valence-corrected chi connectivity index (χ1v) is 12.1. The average Bonchev–Trinajstić information content (AvgIpc) is 3.49. The number of rotatable bonds is 6. The predicted molar refractivity (Wildman–Crippen MR) is 122 cm³/mol. The molecule has 0 radical (unpaired) electrons. The van der Waals surface area contributed by atoms with Crippen molar-refractivity contribution in [3.63, 3.8) is 0 Å². The molecular formula is C23H26BrFN6O. The Morgan fingerprint density at radius 1 is 1.28 bits per heavy atom. The van der Waals surface area contributed by atoms with Crippen LogP contribution in [0.5, 0.6) is 11.6 Å². The molecule has 0 bridgehead atoms. The van der Waals surface area contributed by atoms with E-state index in [2.05, 4.69) is 41.4 Å². The Hall–Kier alpha value is -2.10. The molecule has 3 aliphatic rings. The number of ether oxygens (including phenoxy) is 1. The minimum absolute atomic E-state index is 0.348. The normalized spacial score (nSPS) is 20.6. The average molecular weight is 501 g/mol. The van der Waals surface area contributed by atoms with E-state index in [-0.39, 0.29) is 5.82 Å². The highest BCUT2D eigenvalue weighted by Gasteiger charge is 2.43. The lowest BCUT2D eigenvalue weighted by atomic mass is 9.74. The smallest absolute Gasteiger partial charge is 0.223 e. The maximum atomic E-state index is 14.0. The van der Waals surface area contributed by atoms with Gasteiger partial charge in [-0.05, 0) is 72.3 Å². The van der Waals surface area contributed by atoms with E-state index in [9.17, 15) is 4.39 Å². The van der Waals surface area contributed by atoms with Crippen molar-refractivity contribution in [1.29, 1.82) is 0 Å². The van der Waals surface area contributed by atoms with Crippen LogP contribution in [0.4, 0.5) is 4.39 Å². The van der Waals surface area contributed by atoms with Gasteiger partial charge < -0.3 is 10.1 Å². The number of likely N-dealkylation sites (tertiary alicyclic amines) is 1. The molecule has 0 amide bonds. The van der Waals surface area contributed by atoms with E-state index in [1.54, 1.807) is 0 Å². The lowest BCUT2D eigenvalue weighted by Crippen LogP contribution is -2.61. The Morgan fingerprint density at radius 2 is 2.16 bits per heavy atom. The molecule has 32 heavy (non-hydrogen) atoms. The van der Waals surface area contributed by atoms with Crippen LogP contribution in [0.15, 0.2) is 28.9 Å². The first kappa shape index (κ1) is 20.5. The zero-order valence-corrected chi connectivity index (χ0v) is 19.4. The molecule has 1 aliphatic carbocycles. The Balaban J connectivity index is 1.21. The molecule has 9 heteroatoms. The van der Waals surface area contributed by atoms with Crippen molar-refractivity contribution in [2.75, 3.05) is 26.2 Å². The fraction of sp³-hybridized carbons (Fsp3) is 0.522. The number of hydrogen-bond acceptors (Lipinski definition) is 6. The van der Waals surface area contributed by atoms with Crippen LogP contribution in [0.1, 0.15) is 31.2 Å². The van der Waals surface area contributed by atoms with Gasteiger partial charge in [-0.25, -0.2) is 14.1 Å². The van der Waals surface area contributed by atoms with Gasteiger partial charge in [0.1, 0.15) is 17.1 Å². The summed E-state index contributed by atoms with van der Waals surface area (Å²) in [5.41, 5.74) is 2.88. The first-order chi connectivity index (χ1) is 15.6.